The van der Waals surface area contributed by atoms with E-state index in [4.69, 9.17) is 8.83 Å². The number of halogens is 3. The van der Waals surface area contributed by atoms with E-state index < -0.39 is 23.0 Å². The third-order valence-electron chi connectivity index (χ3n) is 5.63. The molecule has 0 aliphatic carbocycles. The lowest BCUT2D eigenvalue weighted by atomic mass is 9.92. The maximum atomic E-state index is 14.4. The third kappa shape index (κ3) is 4.69. The van der Waals surface area contributed by atoms with Gasteiger partial charge in [-0.05, 0) is 54.3 Å². The van der Waals surface area contributed by atoms with Crippen molar-refractivity contribution in [3.8, 4) is 11.1 Å². The Kier molecular flexibility index (Phi) is 6.49. The number of aromatic nitrogens is 2. The van der Waals surface area contributed by atoms with E-state index in [1.807, 2.05) is 0 Å². The Morgan fingerprint density at radius 1 is 1.09 bits per heavy atom. The number of nitrogens with one attached hydrogen (secondary N) is 1. The predicted molar refractivity (Wildman–Crippen MR) is 123 cm³/mol. The second kappa shape index (κ2) is 9.38. The lowest BCUT2D eigenvalue weighted by Crippen LogP contribution is -2.44. The van der Waals surface area contributed by atoms with Crippen molar-refractivity contribution in [1.29, 1.82) is 0 Å². The van der Waals surface area contributed by atoms with Crippen molar-refractivity contribution in [2.24, 2.45) is 0 Å². The molecule has 10 heteroatoms. The van der Waals surface area contributed by atoms with Crippen LogP contribution in [0.5, 0.6) is 0 Å². The molecular weight excluding hydrogens is 463 g/mol. The Morgan fingerprint density at radius 2 is 1.83 bits per heavy atom. The zero-order chi connectivity index (χ0) is 25.2. The number of nitrogens with zero attached hydrogens (tertiary/aromatic N) is 2. The summed E-state index contributed by atoms with van der Waals surface area (Å²) in [6.45, 7) is 2.94. The van der Waals surface area contributed by atoms with Gasteiger partial charge in [-0.3, -0.25) is 0 Å². The number of hydrogen-bond acceptors (Lipinski definition) is 7. The highest BCUT2D eigenvalue weighted by atomic mass is 19.3. The van der Waals surface area contributed by atoms with E-state index in [9.17, 15) is 23.1 Å². The van der Waals surface area contributed by atoms with Gasteiger partial charge < -0.3 is 19.3 Å². The molecule has 7 nitrogen and oxygen atoms in total. The van der Waals surface area contributed by atoms with Crippen LogP contribution in [0.1, 0.15) is 31.7 Å². The van der Waals surface area contributed by atoms with Gasteiger partial charge in [0, 0.05) is 18.0 Å². The van der Waals surface area contributed by atoms with Gasteiger partial charge in [0.2, 0.25) is 5.60 Å². The number of hydrogen-bond donors (Lipinski definition) is 2. The lowest BCUT2D eigenvalue weighted by Gasteiger charge is -2.29. The molecule has 0 unspecified atom stereocenters. The Hall–Kier alpha value is -3.92. The fourth-order valence-corrected chi connectivity index (χ4v) is 3.70. The molecule has 0 fully saturated rings. The SMILES string of the molecule is C/C=C/C(F)(F)[C@](O)(CC)c1nnc(NCc2ccc3c(-c4ccc(F)cc4)cc(=O)oc3c2)o1. The van der Waals surface area contributed by atoms with Crippen molar-refractivity contribution in [2.75, 3.05) is 5.32 Å². The molecule has 4 aromatic rings. The molecule has 0 amide bonds. The molecular formula is C25H22F3N3O4. The van der Waals surface area contributed by atoms with Crippen molar-refractivity contribution in [1.82, 2.24) is 10.2 Å². The zero-order valence-electron chi connectivity index (χ0n) is 18.9. The largest absolute Gasteiger partial charge is 0.423 e. The average molecular weight is 485 g/mol. The van der Waals surface area contributed by atoms with Crippen LogP contribution in [-0.4, -0.2) is 21.2 Å². The third-order valence-corrected chi connectivity index (χ3v) is 5.63. The van der Waals surface area contributed by atoms with Gasteiger partial charge in [0.25, 0.3) is 5.89 Å². The molecule has 2 heterocycles. The van der Waals surface area contributed by atoms with Crippen LogP contribution < -0.4 is 10.9 Å². The van der Waals surface area contributed by atoms with Gasteiger partial charge in [0.15, 0.2) is 0 Å². The molecule has 1 atom stereocenters. The summed E-state index contributed by atoms with van der Waals surface area (Å²) in [5.74, 6) is -4.61. The van der Waals surface area contributed by atoms with E-state index in [1.165, 1.54) is 32.0 Å². The summed E-state index contributed by atoms with van der Waals surface area (Å²) in [4.78, 5) is 12.1. The molecule has 35 heavy (non-hydrogen) atoms. The first kappa shape index (κ1) is 24.2. The minimum atomic E-state index is -3.61. The van der Waals surface area contributed by atoms with Crippen molar-refractivity contribution in [3.63, 3.8) is 0 Å². The minimum absolute atomic E-state index is 0.137. The topological polar surface area (TPSA) is 101 Å². The number of alkyl halides is 2. The number of benzene rings is 2. The Bertz CT molecular complexity index is 1430. The van der Waals surface area contributed by atoms with E-state index >= 15 is 0 Å². The van der Waals surface area contributed by atoms with Gasteiger partial charge in [-0.1, -0.05) is 42.4 Å². The zero-order valence-corrected chi connectivity index (χ0v) is 18.9. The van der Waals surface area contributed by atoms with Crippen LogP contribution in [0, 0.1) is 5.82 Å². The second-order valence-electron chi connectivity index (χ2n) is 7.92. The number of rotatable bonds is 8. The van der Waals surface area contributed by atoms with Gasteiger partial charge in [0.05, 0.1) is 0 Å². The average Bonchev–Trinajstić information content (AvgIpc) is 3.31. The summed E-state index contributed by atoms with van der Waals surface area (Å²) in [6.07, 6.45) is 1.36. The summed E-state index contributed by atoms with van der Waals surface area (Å²) < 4.78 is 52.8. The van der Waals surface area contributed by atoms with Crippen molar-refractivity contribution in [2.45, 2.75) is 38.3 Å². The first-order chi connectivity index (χ1) is 16.7. The van der Waals surface area contributed by atoms with Crippen LogP contribution in [0.25, 0.3) is 22.1 Å². The van der Waals surface area contributed by atoms with Crippen LogP contribution in [0.4, 0.5) is 19.2 Å². The summed E-state index contributed by atoms with van der Waals surface area (Å²) >= 11 is 0. The first-order valence-electron chi connectivity index (χ1n) is 10.8. The standard InChI is InChI=1S/C25H22F3N3O4/c1-3-11-25(27,28)24(33,4-2)22-30-31-23(35-22)29-14-15-5-10-18-19(13-21(32)34-20(18)12-15)16-6-8-17(26)9-7-16/h3,5-13,33H,4,14H2,1-2H3,(H,29,31)/b11-3+/t24-/m0/s1. The highest BCUT2D eigenvalue weighted by molar-refractivity contribution is 5.93. The predicted octanol–water partition coefficient (Wildman–Crippen LogP) is 5.40. The maximum absolute atomic E-state index is 14.4. The Balaban J connectivity index is 1.57. The van der Waals surface area contributed by atoms with E-state index in [2.05, 4.69) is 15.5 Å². The van der Waals surface area contributed by atoms with Gasteiger partial charge in [-0.2, -0.15) is 8.78 Å². The minimum Gasteiger partial charge on any atom is -0.423 e. The molecule has 2 aromatic carbocycles. The molecule has 4 rings (SSSR count). The van der Waals surface area contributed by atoms with Crippen LogP contribution >= 0.6 is 0 Å². The smallest absolute Gasteiger partial charge is 0.336 e. The van der Waals surface area contributed by atoms with E-state index in [0.717, 1.165) is 6.08 Å². The highest BCUT2D eigenvalue weighted by Gasteiger charge is 2.54. The Morgan fingerprint density at radius 3 is 2.51 bits per heavy atom. The van der Waals surface area contributed by atoms with Crippen molar-refractivity contribution < 1.29 is 27.1 Å². The molecule has 2 N–H and O–H groups in total. The molecule has 0 aliphatic rings. The summed E-state index contributed by atoms with van der Waals surface area (Å²) in [7, 11) is 0. The van der Waals surface area contributed by atoms with Crippen LogP contribution in [0.2, 0.25) is 0 Å². The molecule has 0 aliphatic heterocycles. The molecule has 182 valence electrons. The van der Waals surface area contributed by atoms with Crippen LogP contribution in [-0.2, 0) is 12.1 Å². The van der Waals surface area contributed by atoms with Gasteiger partial charge in [-0.15, -0.1) is 5.10 Å². The number of fused-ring (bicyclic) bond motifs is 1. The molecule has 0 bridgehead atoms. The van der Waals surface area contributed by atoms with E-state index in [-0.39, 0.29) is 24.8 Å². The molecule has 2 aromatic heterocycles. The fraction of sp³-hybridized carbons (Fsp3) is 0.240. The van der Waals surface area contributed by atoms with Crippen LogP contribution in [0.15, 0.2) is 74.3 Å². The monoisotopic (exact) mass is 485 g/mol. The summed E-state index contributed by atoms with van der Waals surface area (Å²) in [5, 5.41) is 21.3. The van der Waals surface area contributed by atoms with Crippen molar-refractivity contribution >= 4 is 17.0 Å². The summed E-state index contributed by atoms with van der Waals surface area (Å²) in [6, 6.07) is 12.1. The summed E-state index contributed by atoms with van der Waals surface area (Å²) in [5.41, 5.74) is -0.986. The molecule has 0 saturated carbocycles. The van der Waals surface area contributed by atoms with Crippen LogP contribution in [0.3, 0.4) is 0 Å². The Labute approximate surface area is 197 Å². The first-order valence-corrected chi connectivity index (χ1v) is 10.8. The van der Waals surface area contributed by atoms with E-state index in [0.29, 0.717) is 33.7 Å². The van der Waals surface area contributed by atoms with Crippen molar-refractivity contribution in [3.05, 3.63) is 88.4 Å². The van der Waals surface area contributed by atoms with Gasteiger partial charge in [-0.25, -0.2) is 9.18 Å². The quantitative estimate of drug-likeness (QED) is 0.254. The van der Waals surface area contributed by atoms with Gasteiger partial charge >= 0.3 is 17.6 Å². The number of allylic oxidation sites excluding steroid dienone is 1. The van der Waals surface area contributed by atoms with E-state index in [1.54, 1.807) is 30.3 Å². The number of aliphatic hydroxyl groups is 1. The molecule has 0 radical (unpaired) electrons. The number of anilines is 1. The molecule has 0 saturated heterocycles. The lowest BCUT2D eigenvalue weighted by molar-refractivity contribution is -0.170. The maximum Gasteiger partial charge on any atom is 0.336 e. The normalized spacial score (nSPS) is 13.9. The second-order valence-corrected chi connectivity index (χ2v) is 7.92. The molecule has 0 spiro atoms. The van der Waals surface area contributed by atoms with Gasteiger partial charge in [0.1, 0.15) is 11.4 Å². The fourth-order valence-electron chi connectivity index (χ4n) is 3.70. The highest BCUT2D eigenvalue weighted by Crippen LogP contribution is 2.41.